The average Bonchev–Trinajstić information content (AvgIpc) is 3.28. The van der Waals surface area contributed by atoms with Crippen LogP contribution >= 0.6 is 0 Å². The zero-order valence-electron chi connectivity index (χ0n) is 18.9. The number of hydrogen-bond donors (Lipinski definition) is 1. The van der Waals surface area contributed by atoms with Crippen LogP contribution in [0.5, 0.6) is 23.1 Å². The Morgan fingerprint density at radius 1 is 1.06 bits per heavy atom. The van der Waals surface area contributed by atoms with Gasteiger partial charge in [-0.3, -0.25) is 9.48 Å². The van der Waals surface area contributed by atoms with Crippen LogP contribution in [0.3, 0.4) is 0 Å². The van der Waals surface area contributed by atoms with Crippen LogP contribution in [-0.4, -0.2) is 39.9 Å². The van der Waals surface area contributed by atoms with Gasteiger partial charge in [-0.05, 0) is 41.8 Å². The standard InChI is InChI=1S/C24H25N5O4/c1-15(2)16-11-27-29(12-16)13-23(30)28-17-5-7-18(8-6-17)33-24-19-9-21(31-3)22(32-4)10-20(19)25-14-26-24/h5-12,14-15H,13H2,1-4H3,(H,28,30). The number of fused-ring (bicyclic) bond motifs is 1. The van der Waals surface area contributed by atoms with Crippen molar-refractivity contribution >= 4 is 22.5 Å². The molecule has 0 bridgehead atoms. The smallest absolute Gasteiger partial charge is 0.246 e. The van der Waals surface area contributed by atoms with Gasteiger partial charge >= 0.3 is 0 Å². The molecule has 1 N–H and O–H groups in total. The van der Waals surface area contributed by atoms with E-state index in [2.05, 4.69) is 34.2 Å². The Kier molecular flexibility index (Phi) is 6.39. The second-order valence-electron chi connectivity index (χ2n) is 7.70. The summed E-state index contributed by atoms with van der Waals surface area (Å²) in [5.74, 6) is 2.29. The fourth-order valence-electron chi connectivity index (χ4n) is 3.27. The molecule has 0 aliphatic carbocycles. The number of ether oxygens (including phenoxy) is 3. The van der Waals surface area contributed by atoms with Crippen molar-refractivity contribution in [3.8, 4) is 23.1 Å². The number of carbonyl (C=O) groups excluding carboxylic acids is 1. The largest absolute Gasteiger partial charge is 0.493 e. The van der Waals surface area contributed by atoms with Crippen molar-refractivity contribution in [2.75, 3.05) is 19.5 Å². The summed E-state index contributed by atoms with van der Waals surface area (Å²) in [5, 5.41) is 7.79. The van der Waals surface area contributed by atoms with E-state index >= 15 is 0 Å². The van der Waals surface area contributed by atoms with Crippen LogP contribution in [0.15, 0.2) is 55.1 Å². The maximum Gasteiger partial charge on any atom is 0.246 e. The third kappa shape index (κ3) is 5.03. The second kappa shape index (κ2) is 9.56. The lowest BCUT2D eigenvalue weighted by molar-refractivity contribution is -0.116. The first-order chi connectivity index (χ1) is 16.0. The minimum atomic E-state index is -0.162. The number of aromatic nitrogens is 4. The van der Waals surface area contributed by atoms with Crippen molar-refractivity contribution in [3.05, 3.63) is 60.7 Å². The monoisotopic (exact) mass is 447 g/mol. The Morgan fingerprint density at radius 2 is 1.79 bits per heavy atom. The highest BCUT2D eigenvalue weighted by Gasteiger charge is 2.13. The van der Waals surface area contributed by atoms with Crippen molar-refractivity contribution in [2.45, 2.75) is 26.3 Å². The van der Waals surface area contributed by atoms with Crippen LogP contribution in [-0.2, 0) is 11.3 Å². The molecule has 0 saturated heterocycles. The molecule has 9 heteroatoms. The first-order valence-corrected chi connectivity index (χ1v) is 10.4. The predicted molar refractivity (Wildman–Crippen MR) is 124 cm³/mol. The summed E-state index contributed by atoms with van der Waals surface area (Å²) in [6.45, 7) is 4.31. The Hall–Kier alpha value is -4.14. The van der Waals surface area contributed by atoms with E-state index in [-0.39, 0.29) is 12.5 Å². The lowest BCUT2D eigenvalue weighted by Crippen LogP contribution is -2.18. The van der Waals surface area contributed by atoms with E-state index in [1.54, 1.807) is 61.5 Å². The van der Waals surface area contributed by atoms with E-state index in [9.17, 15) is 4.79 Å². The highest BCUT2D eigenvalue weighted by molar-refractivity contribution is 5.90. The van der Waals surface area contributed by atoms with Crippen molar-refractivity contribution in [1.29, 1.82) is 0 Å². The summed E-state index contributed by atoms with van der Waals surface area (Å²) in [6.07, 6.45) is 5.10. The summed E-state index contributed by atoms with van der Waals surface area (Å²) < 4.78 is 18.3. The lowest BCUT2D eigenvalue weighted by Gasteiger charge is -2.12. The van der Waals surface area contributed by atoms with Crippen LogP contribution in [0.25, 0.3) is 10.9 Å². The zero-order valence-corrected chi connectivity index (χ0v) is 18.9. The molecule has 33 heavy (non-hydrogen) atoms. The van der Waals surface area contributed by atoms with E-state index in [1.165, 1.54) is 6.33 Å². The van der Waals surface area contributed by atoms with E-state index in [4.69, 9.17) is 14.2 Å². The molecule has 0 unspecified atom stereocenters. The van der Waals surface area contributed by atoms with Crippen molar-refractivity contribution in [1.82, 2.24) is 19.7 Å². The molecule has 0 spiro atoms. The summed E-state index contributed by atoms with van der Waals surface area (Å²) in [5.41, 5.74) is 2.42. The van der Waals surface area contributed by atoms with Crippen molar-refractivity contribution in [3.63, 3.8) is 0 Å². The zero-order chi connectivity index (χ0) is 23.4. The number of benzene rings is 2. The molecule has 0 atom stereocenters. The highest BCUT2D eigenvalue weighted by atomic mass is 16.5. The third-order valence-electron chi connectivity index (χ3n) is 5.08. The van der Waals surface area contributed by atoms with E-state index in [1.807, 2.05) is 6.20 Å². The molecule has 2 aromatic carbocycles. The predicted octanol–water partition coefficient (Wildman–Crippen LogP) is 4.40. The van der Waals surface area contributed by atoms with Gasteiger partial charge in [-0.2, -0.15) is 5.10 Å². The van der Waals surface area contributed by atoms with Crippen LogP contribution < -0.4 is 19.5 Å². The fraction of sp³-hybridized carbons (Fsp3) is 0.250. The van der Waals surface area contributed by atoms with Gasteiger partial charge in [0.05, 0.1) is 31.3 Å². The van der Waals surface area contributed by atoms with Crippen LogP contribution in [0, 0.1) is 0 Å². The molecule has 9 nitrogen and oxygen atoms in total. The molecule has 0 radical (unpaired) electrons. The molecule has 1 amide bonds. The lowest BCUT2D eigenvalue weighted by atomic mass is 10.1. The normalized spacial score (nSPS) is 10.9. The van der Waals surface area contributed by atoms with Crippen LogP contribution in [0.1, 0.15) is 25.3 Å². The molecular weight excluding hydrogens is 422 g/mol. The minimum Gasteiger partial charge on any atom is -0.493 e. The molecule has 4 aromatic rings. The first kappa shape index (κ1) is 22.1. The van der Waals surface area contributed by atoms with Gasteiger partial charge in [-0.25, -0.2) is 9.97 Å². The van der Waals surface area contributed by atoms with Gasteiger partial charge in [0.2, 0.25) is 11.8 Å². The number of carbonyl (C=O) groups is 1. The van der Waals surface area contributed by atoms with E-state index in [0.717, 1.165) is 5.56 Å². The number of nitrogens with zero attached hydrogens (tertiary/aromatic N) is 4. The topological polar surface area (TPSA) is 100 Å². The molecule has 0 fully saturated rings. The van der Waals surface area contributed by atoms with Crippen molar-refractivity contribution < 1.29 is 19.0 Å². The van der Waals surface area contributed by atoms with Crippen molar-refractivity contribution in [2.24, 2.45) is 0 Å². The van der Waals surface area contributed by atoms with Gasteiger partial charge in [-0.15, -0.1) is 0 Å². The fourth-order valence-corrected chi connectivity index (χ4v) is 3.27. The molecule has 0 saturated carbocycles. The molecule has 170 valence electrons. The van der Waals surface area contributed by atoms with Gasteiger partial charge in [0.25, 0.3) is 0 Å². The SMILES string of the molecule is COc1cc2ncnc(Oc3ccc(NC(=O)Cn4cc(C(C)C)cn4)cc3)c2cc1OC. The molecule has 0 aliphatic heterocycles. The number of amides is 1. The Morgan fingerprint density at radius 3 is 2.45 bits per heavy atom. The average molecular weight is 447 g/mol. The summed E-state index contributed by atoms with van der Waals surface area (Å²) >= 11 is 0. The summed E-state index contributed by atoms with van der Waals surface area (Å²) in [4.78, 5) is 20.9. The minimum absolute atomic E-state index is 0.142. The number of hydrogen-bond acceptors (Lipinski definition) is 7. The maximum atomic E-state index is 12.4. The summed E-state index contributed by atoms with van der Waals surface area (Å²) in [7, 11) is 3.14. The van der Waals surface area contributed by atoms with Gasteiger partial charge < -0.3 is 19.5 Å². The van der Waals surface area contributed by atoms with Gasteiger partial charge in [0, 0.05) is 18.0 Å². The van der Waals surface area contributed by atoms with E-state index in [0.29, 0.717) is 45.6 Å². The van der Waals surface area contributed by atoms with Crippen LogP contribution in [0.4, 0.5) is 5.69 Å². The third-order valence-corrected chi connectivity index (χ3v) is 5.08. The molecule has 2 aromatic heterocycles. The number of nitrogens with one attached hydrogen (secondary N) is 1. The summed E-state index contributed by atoms with van der Waals surface area (Å²) in [6, 6.07) is 10.6. The number of rotatable bonds is 8. The van der Waals surface area contributed by atoms with Crippen LogP contribution in [0.2, 0.25) is 0 Å². The molecular formula is C24H25N5O4. The van der Waals surface area contributed by atoms with Gasteiger partial charge in [0.1, 0.15) is 18.6 Å². The Labute approximate surface area is 191 Å². The first-order valence-electron chi connectivity index (χ1n) is 10.4. The molecule has 4 rings (SSSR count). The van der Waals surface area contributed by atoms with Gasteiger partial charge in [-0.1, -0.05) is 13.8 Å². The Balaban J connectivity index is 1.45. The second-order valence-corrected chi connectivity index (χ2v) is 7.70. The Bertz CT molecular complexity index is 1270. The number of methoxy groups -OCH3 is 2. The number of anilines is 1. The molecule has 2 heterocycles. The molecule has 0 aliphatic rings. The maximum absolute atomic E-state index is 12.4. The highest BCUT2D eigenvalue weighted by Crippen LogP contribution is 2.35. The van der Waals surface area contributed by atoms with Gasteiger partial charge in [0.15, 0.2) is 11.5 Å². The van der Waals surface area contributed by atoms with E-state index < -0.39 is 0 Å². The quantitative estimate of drug-likeness (QED) is 0.427.